The Morgan fingerprint density at radius 3 is 2.53 bits per heavy atom. The molecule has 1 amide bonds. The molecule has 0 radical (unpaired) electrons. The zero-order valence-corrected chi connectivity index (χ0v) is 11.7. The number of carbonyl (C=O) groups excluding carboxylic acids is 1. The molecule has 0 fully saturated rings. The number of rotatable bonds is 2. The number of benzene rings is 2. The maximum Gasteiger partial charge on any atom is 0.256 e. The van der Waals surface area contributed by atoms with Crippen LogP contribution in [0.2, 0.25) is 0 Å². The molecule has 19 heavy (non-hydrogen) atoms. The lowest BCUT2D eigenvalue weighted by Crippen LogP contribution is -2.13. The summed E-state index contributed by atoms with van der Waals surface area (Å²) in [7, 11) is 0. The van der Waals surface area contributed by atoms with Crippen molar-refractivity contribution in [2.75, 3.05) is 11.1 Å². The van der Waals surface area contributed by atoms with E-state index in [1.807, 2.05) is 22.6 Å². The summed E-state index contributed by atoms with van der Waals surface area (Å²) in [6.07, 6.45) is 0. The Balaban J connectivity index is 2.23. The van der Waals surface area contributed by atoms with Crippen LogP contribution in [0.3, 0.4) is 0 Å². The Kier molecular flexibility index (Phi) is 3.98. The maximum atomic E-state index is 13.2. The van der Waals surface area contributed by atoms with E-state index in [0.29, 0.717) is 9.13 Å². The molecule has 0 spiro atoms. The highest BCUT2D eigenvalue weighted by Gasteiger charge is 2.11. The summed E-state index contributed by atoms with van der Waals surface area (Å²) in [4.78, 5) is 12.0. The van der Waals surface area contributed by atoms with E-state index in [4.69, 9.17) is 5.73 Å². The molecule has 98 valence electrons. The zero-order chi connectivity index (χ0) is 14.0. The van der Waals surface area contributed by atoms with Gasteiger partial charge in [0.2, 0.25) is 0 Å². The smallest absolute Gasteiger partial charge is 0.256 e. The van der Waals surface area contributed by atoms with Crippen molar-refractivity contribution in [2.45, 2.75) is 0 Å². The second-order valence-corrected chi connectivity index (χ2v) is 4.98. The van der Waals surface area contributed by atoms with Crippen LogP contribution in [0.25, 0.3) is 0 Å². The minimum Gasteiger partial charge on any atom is -0.396 e. The predicted octanol–water partition coefficient (Wildman–Crippen LogP) is 3.40. The summed E-state index contributed by atoms with van der Waals surface area (Å²) in [5, 5.41) is 2.52. The van der Waals surface area contributed by atoms with Gasteiger partial charge < -0.3 is 11.1 Å². The van der Waals surface area contributed by atoms with Crippen molar-refractivity contribution in [3.63, 3.8) is 0 Å². The third kappa shape index (κ3) is 3.19. The Labute approximate surface area is 121 Å². The number of nitrogens with two attached hydrogens (primary N) is 1. The Bertz CT molecular complexity index is 647. The molecule has 0 heterocycles. The third-order valence-corrected chi connectivity index (χ3v) is 3.33. The van der Waals surface area contributed by atoms with Crippen molar-refractivity contribution >= 4 is 39.9 Å². The van der Waals surface area contributed by atoms with E-state index in [9.17, 15) is 13.6 Å². The van der Waals surface area contributed by atoms with Crippen molar-refractivity contribution in [1.29, 1.82) is 0 Å². The van der Waals surface area contributed by atoms with Crippen molar-refractivity contribution < 1.29 is 13.6 Å². The zero-order valence-electron chi connectivity index (χ0n) is 9.58. The molecule has 0 aliphatic heterocycles. The summed E-state index contributed by atoms with van der Waals surface area (Å²) in [6, 6.07) is 7.80. The molecule has 0 bridgehead atoms. The molecule has 0 unspecified atom stereocenters. The molecule has 2 rings (SSSR count). The first-order valence-corrected chi connectivity index (χ1v) is 6.36. The van der Waals surface area contributed by atoms with Crippen molar-refractivity contribution in [1.82, 2.24) is 0 Å². The van der Waals surface area contributed by atoms with Gasteiger partial charge in [0, 0.05) is 9.26 Å². The van der Waals surface area contributed by atoms with Crippen molar-refractivity contribution in [2.24, 2.45) is 0 Å². The van der Waals surface area contributed by atoms with E-state index in [-0.39, 0.29) is 11.4 Å². The molecular weight excluding hydrogens is 365 g/mol. The molecule has 6 heteroatoms. The van der Waals surface area contributed by atoms with E-state index >= 15 is 0 Å². The van der Waals surface area contributed by atoms with Crippen LogP contribution in [-0.4, -0.2) is 5.91 Å². The number of halogens is 3. The molecular formula is C13H9F2IN2O. The van der Waals surface area contributed by atoms with Gasteiger partial charge in [-0.2, -0.15) is 0 Å². The molecule has 0 aromatic heterocycles. The van der Waals surface area contributed by atoms with Gasteiger partial charge >= 0.3 is 0 Å². The third-order valence-electron chi connectivity index (χ3n) is 2.43. The van der Waals surface area contributed by atoms with Crippen LogP contribution in [0.1, 0.15) is 10.4 Å². The average molecular weight is 374 g/mol. The predicted molar refractivity (Wildman–Crippen MR) is 77.9 cm³/mol. The second-order valence-electron chi connectivity index (χ2n) is 3.81. The maximum absolute atomic E-state index is 13.2. The summed E-state index contributed by atoms with van der Waals surface area (Å²) in [6.45, 7) is 0. The van der Waals surface area contributed by atoms with Crippen LogP contribution in [-0.2, 0) is 0 Å². The molecule has 3 N–H and O–H groups in total. The normalized spacial score (nSPS) is 10.3. The van der Waals surface area contributed by atoms with E-state index in [1.165, 1.54) is 30.3 Å². The van der Waals surface area contributed by atoms with Crippen LogP contribution in [0.5, 0.6) is 0 Å². The minimum atomic E-state index is -0.605. The van der Waals surface area contributed by atoms with Crippen molar-refractivity contribution in [3.8, 4) is 0 Å². The number of nitrogen functional groups attached to an aromatic ring is 1. The van der Waals surface area contributed by atoms with E-state index in [2.05, 4.69) is 5.32 Å². The van der Waals surface area contributed by atoms with Gasteiger partial charge in [-0.1, -0.05) is 0 Å². The monoisotopic (exact) mass is 374 g/mol. The summed E-state index contributed by atoms with van der Waals surface area (Å²) < 4.78 is 26.6. The van der Waals surface area contributed by atoms with Crippen molar-refractivity contribution in [3.05, 3.63) is 57.2 Å². The Hall–Kier alpha value is -1.70. The van der Waals surface area contributed by atoms with Crippen LogP contribution in [0, 0.1) is 15.2 Å². The summed E-state index contributed by atoms with van der Waals surface area (Å²) in [5.41, 5.74) is 5.96. The fourth-order valence-electron chi connectivity index (χ4n) is 1.48. The second kappa shape index (κ2) is 5.52. The lowest BCUT2D eigenvalue weighted by molar-refractivity contribution is 0.102. The Morgan fingerprint density at radius 1 is 1.16 bits per heavy atom. The van der Waals surface area contributed by atoms with Crippen LogP contribution >= 0.6 is 22.6 Å². The largest absolute Gasteiger partial charge is 0.396 e. The van der Waals surface area contributed by atoms with Crippen LogP contribution < -0.4 is 11.1 Å². The fraction of sp³-hybridized carbons (Fsp3) is 0. The molecule has 0 atom stereocenters. The number of anilines is 2. The molecule has 0 saturated heterocycles. The van der Waals surface area contributed by atoms with Gasteiger partial charge in [0.05, 0.1) is 11.3 Å². The number of hydrogen-bond acceptors (Lipinski definition) is 2. The first-order valence-electron chi connectivity index (χ1n) is 5.29. The highest BCUT2D eigenvalue weighted by Crippen LogP contribution is 2.19. The highest BCUT2D eigenvalue weighted by atomic mass is 127. The molecule has 2 aromatic carbocycles. The first-order chi connectivity index (χ1) is 8.97. The SMILES string of the molecule is Nc1ccc(NC(=O)c2ccc(F)cc2I)cc1F. The molecule has 3 nitrogen and oxygen atoms in total. The topological polar surface area (TPSA) is 55.1 Å². The lowest BCUT2D eigenvalue weighted by atomic mass is 10.2. The van der Waals surface area contributed by atoms with Gasteiger partial charge in [-0.3, -0.25) is 4.79 Å². The van der Waals surface area contributed by atoms with E-state index in [0.717, 1.165) is 6.07 Å². The molecule has 0 saturated carbocycles. The quantitative estimate of drug-likeness (QED) is 0.626. The molecule has 0 aliphatic carbocycles. The lowest BCUT2D eigenvalue weighted by Gasteiger charge is -2.07. The van der Waals surface area contributed by atoms with Gasteiger partial charge in [0.15, 0.2) is 0 Å². The van der Waals surface area contributed by atoms with Gasteiger partial charge in [-0.25, -0.2) is 8.78 Å². The highest BCUT2D eigenvalue weighted by molar-refractivity contribution is 14.1. The van der Waals surface area contributed by atoms with Gasteiger partial charge in [0.25, 0.3) is 5.91 Å². The van der Waals surface area contributed by atoms with Gasteiger partial charge in [0.1, 0.15) is 11.6 Å². The standard InChI is InChI=1S/C13H9F2IN2O/c14-7-1-3-9(11(16)5-7)13(19)18-8-2-4-12(17)10(15)6-8/h1-6H,17H2,(H,18,19). The minimum absolute atomic E-state index is 0.00867. The Morgan fingerprint density at radius 2 is 1.89 bits per heavy atom. The fourth-order valence-corrected chi connectivity index (χ4v) is 2.20. The number of hydrogen-bond donors (Lipinski definition) is 2. The number of amides is 1. The molecule has 0 aliphatic rings. The van der Waals surface area contributed by atoms with E-state index < -0.39 is 17.5 Å². The summed E-state index contributed by atoms with van der Waals surface area (Å²) in [5.74, 6) is -1.46. The molecule has 2 aromatic rings. The average Bonchev–Trinajstić information content (AvgIpc) is 2.33. The number of carbonyl (C=O) groups is 1. The van der Waals surface area contributed by atoms with Crippen LogP contribution in [0.4, 0.5) is 20.2 Å². The van der Waals surface area contributed by atoms with E-state index in [1.54, 1.807) is 0 Å². The number of nitrogens with one attached hydrogen (secondary N) is 1. The van der Waals surface area contributed by atoms with Gasteiger partial charge in [-0.15, -0.1) is 0 Å². The first kappa shape index (κ1) is 13.7. The van der Waals surface area contributed by atoms with Crippen LogP contribution in [0.15, 0.2) is 36.4 Å². The summed E-state index contributed by atoms with van der Waals surface area (Å²) >= 11 is 1.86. The van der Waals surface area contributed by atoms with Gasteiger partial charge in [-0.05, 0) is 59.0 Å².